The second-order valence-corrected chi connectivity index (χ2v) is 2.81. The van der Waals surface area contributed by atoms with Crippen LogP contribution in [-0.2, 0) is 11.2 Å². The molecule has 1 N–H and O–H groups in total. The van der Waals surface area contributed by atoms with Crippen molar-refractivity contribution in [3.8, 4) is 0 Å². The van der Waals surface area contributed by atoms with Gasteiger partial charge in [-0.2, -0.15) is 0 Å². The van der Waals surface area contributed by atoms with E-state index in [1.807, 2.05) is 6.92 Å². The molecular formula is C9H13NO4. The highest BCUT2D eigenvalue weighted by molar-refractivity contribution is 5.89. The average molecular weight is 199 g/mol. The summed E-state index contributed by atoms with van der Waals surface area (Å²) in [6, 6.07) is 0. The van der Waals surface area contributed by atoms with Gasteiger partial charge in [0.05, 0.1) is 6.61 Å². The quantitative estimate of drug-likeness (QED) is 0.723. The Morgan fingerprint density at radius 1 is 1.64 bits per heavy atom. The van der Waals surface area contributed by atoms with Crippen molar-refractivity contribution < 1.29 is 19.2 Å². The summed E-state index contributed by atoms with van der Waals surface area (Å²) in [5.74, 6) is -0.667. The molecule has 0 aliphatic heterocycles. The summed E-state index contributed by atoms with van der Waals surface area (Å²) in [6.45, 7) is 4.54. The number of carboxylic acid groups (broad SMARTS) is 1. The second-order valence-electron chi connectivity index (χ2n) is 2.81. The molecule has 0 bridgehead atoms. The molecule has 0 saturated heterocycles. The summed E-state index contributed by atoms with van der Waals surface area (Å²) in [6.07, 6.45) is 0.465. The van der Waals surface area contributed by atoms with Crippen LogP contribution in [0.2, 0.25) is 0 Å². The smallest absolute Gasteiger partial charge is 0.341 e. The predicted molar refractivity (Wildman–Crippen MR) is 48.4 cm³/mol. The van der Waals surface area contributed by atoms with Crippen LogP contribution in [0.5, 0.6) is 0 Å². The van der Waals surface area contributed by atoms with Crippen molar-refractivity contribution in [1.29, 1.82) is 0 Å². The van der Waals surface area contributed by atoms with Crippen molar-refractivity contribution in [2.75, 3.05) is 13.2 Å². The number of carbonyl (C=O) groups is 1. The van der Waals surface area contributed by atoms with Crippen molar-refractivity contribution in [2.24, 2.45) is 0 Å². The lowest BCUT2D eigenvalue weighted by molar-refractivity contribution is 0.0693. The first kappa shape index (κ1) is 10.7. The van der Waals surface area contributed by atoms with Crippen molar-refractivity contribution in [3.63, 3.8) is 0 Å². The van der Waals surface area contributed by atoms with Crippen molar-refractivity contribution in [2.45, 2.75) is 20.3 Å². The van der Waals surface area contributed by atoms with Gasteiger partial charge in [-0.3, -0.25) is 0 Å². The summed E-state index contributed by atoms with van der Waals surface area (Å²) in [5, 5.41) is 12.5. The number of aromatic nitrogens is 1. The number of ether oxygens (including phenoxy) is 1. The Bertz CT molecular complexity index is 319. The summed E-state index contributed by atoms with van der Waals surface area (Å²) >= 11 is 0. The van der Waals surface area contributed by atoms with Crippen molar-refractivity contribution in [1.82, 2.24) is 5.16 Å². The molecule has 1 heterocycles. The standard InChI is InChI=1S/C9H13NO4/c1-3-13-5-4-7-8(9(11)12)6(2)14-10-7/h3-5H2,1-2H3,(H,11,12). The van der Waals surface area contributed by atoms with Gasteiger partial charge in [-0.05, 0) is 13.8 Å². The molecule has 1 rings (SSSR count). The lowest BCUT2D eigenvalue weighted by Crippen LogP contribution is -2.05. The van der Waals surface area contributed by atoms with Gasteiger partial charge >= 0.3 is 5.97 Å². The molecular weight excluding hydrogens is 186 g/mol. The van der Waals surface area contributed by atoms with Gasteiger partial charge in [0.15, 0.2) is 0 Å². The minimum Gasteiger partial charge on any atom is -0.477 e. The molecule has 5 nitrogen and oxygen atoms in total. The van der Waals surface area contributed by atoms with Crippen LogP contribution in [0.25, 0.3) is 0 Å². The fourth-order valence-electron chi connectivity index (χ4n) is 1.18. The van der Waals surface area contributed by atoms with E-state index in [4.69, 9.17) is 14.4 Å². The van der Waals surface area contributed by atoms with Crippen molar-refractivity contribution in [3.05, 3.63) is 17.0 Å². The van der Waals surface area contributed by atoms with Gasteiger partial charge in [0.2, 0.25) is 0 Å². The first-order valence-corrected chi connectivity index (χ1v) is 4.43. The van der Waals surface area contributed by atoms with E-state index in [2.05, 4.69) is 5.16 Å². The Kier molecular flexibility index (Phi) is 3.64. The van der Waals surface area contributed by atoms with E-state index in [0.29, 0.717) is 31.1 Å². The van der Waals surface area contributed by atoms with E-state index >= 15 is 0 Å². The highest BCUT2D eigenvalue weighted by Crippen LogP contribution is 2.13. The van der Waals surface area contributed by atoms with E-state index in [0.717, 1.165) is 0 Å². The van der Waals surface area contributed by atoms with E-state index < -0.39 is 5.97 Å². The molecule has 0 amide bonds. The largest absolute Gasteiger partial charge is 0.477 e. The molecule has 0 spiro atoms. The molecule has 0 radical (unpaired) electrons. The van der Waals surface area contributed by atoms with Crippen LogP contribution in [0.15, 0.2) is 4.52 Å². The van der Waals surface area contributed by atoms with E-state index in [1.54, 1.807) is 6.92 Å². The van der Waals surface area contributed by atoms with Gasteiger partial charge in [0, 0.05) is 13.0 Å². The summed E-state index contributed by atoms with van der Waals surface area (Å²) in [7, 11) is 0. The predicted octanol–water partition coefficient (Wildman–Crippen LogP) is 1.26. The van der Waals surface area contributed by atoms with Crippen LogP contribution in [0.1, 0.15) is 28.7 Å². The van der Waals surface area contributed by atoms with Crippen LogP contribution in [0.3, 0.4) is 0 Å². The molecule has 5 heteroatoms. The fourth-order valence-corrected chi connectivity index (χ4v) is 1.18. The topological polar surface area (TPSA) is 72.6 Å². The number of hydrogen-bond donors (Lipinski definition) is 1. The van der Waals surface area contributed by atoms with Gasteiger partial charge < -0.3 is 14.4 Å². The molecule has 78 valence electrons. The molecule has 0 aliphatic carbocycles. The molecule has 0 fully saturated rings. The Morgan fingerprint density at radius 2 is 2.36 bits per heavy atom. The van der Waals surface area contributed by atoms with Crippen LogP contribution >= 0.6 is 0 Å². The molecule has 14 heavy (non-hydrogen) atoms. The van der Waals surface area contributed by atoms with Gasteiger partial charge in [-0.15, -0.1) is 0 Å². The Labute approximate surface area is 81.7 Å². The Balaban J connectivity index is 2.71. The maximum atomic E-state index is 10.8. The van der Waals surface area contributed by atoms with Crippen LogP contribution in [0, 0.1) is 6.92 Å². The van der Waals surface area contributed by atoms with Gasteiger partial charge in [0.1, 0.15) is 17.0 Å². The highest BCUT2D eigenvalue weighted by atomic mass is 16.5. The zero-order chi connectivity index (χ0) is 10.6. The second kappa shape index (κ2) is 4.76. The number of aromatic carboxylic acids is 1. The summed E-state index contributed by atoms with van der Waals surface area (Å²) in [5.41, 5.74) is 0.605. The molecule has 0 saturated carbocycles. The van der Waals surface area contributed by atoms with Crippen LogP contribution < -0.4 is 0 Å². The van der Waals surface area contributed by atoms with Gasteiger partial charge in [-0.25, -0.2) is 4.79 Å². The third-order valence-corrected chi connectivity index (χ3v) is 1.83. The molecule has 1 aromatic rings. The first-order chi connectivity index (χ1) is 6.66. The number of hydrogen-bond acceptors (Lipinski definition) is 4. The van der Waals surface area contributed by atoms with E-state index in [1.165, 1.54) is 0 Å². The maximum Gasteiger partial charge on any atom is 0.341 e. The summed E-state index contributed by atoms with van der Waals surface area (Å²) < 4.78 is 9.91. The normalized spacial score (nSPS) is 10.4. The number of nitrogens with zero attached hydrogens (tertiary/aromatic N) is 1. The monoisotopic (exact) mass is 199 g/mol. The lowest BCUT2D eigenvalue weighted by Gasteiger charge is -1.98. The number of carboxylic acids is 1. The zero-order valence-corrected chi connectivity index (χ0v) is 8.24. The van der Waals surface area contributed by atoms with Crippen LogP contribution in [-0.4, -0.2) is 29.4 Å². The number of aryl methyl sites for hydroxylation is 1. The highest BCUT2D eigenvalue weighted by Gasteiger charge is 2.18. The summed E-state index contributed by atoms with van der Waals surface area (Å²) in [4.78, 5) is 10.8. The minimum absolute atomic E-state index is 0.157. The Hall–Kier alpha value is -1.36. The minimum atomic E-state index is -1.00. The lowest BCUT2D eigenvalue weighted by atomic mass is 10.1. The first-order valence-electron chi connectivity index (χ1n) is 4.43. The molecule has 0 unspecified atom stereocenters. The molecule has 0 aliphatic rings. The number of rotatable bonds is 5. The molecule has 0 aromatic carbocycles. The zero-order valence-electron chi connectivity index (χ0n) is 8.24. The van der Waals surface area contributed by atoms with Crippen molar-refractivity contribution >= 4 is 5.97 Å². The maximum absolute atomic E-state index is 10.8. The average Bonchev–Trinajstić information content (AvgIpc) is 2.47. The van der Waals surface area contributed by atoms with Gasteiger partial charge in [0.25, 0.3) is 0 Å². The van der Waals surface area contributed by atoms with Gasteiger partial charge in [-0.1, -0.05) is 5.16 Å². The SMILES string of the molecule is CCOCCc1noc(C)c1C(=O)O. The fraction of sp³-hybridized carbons (Fsp3) is 0.556. The molecule has 1 aromatic heterocycles. The third kappa shape index (κ3) is 2.32. The van der Waals surface area contributed by atoms with E-state index in [9.17, 15) is 4.79 Å². The third-order valence-electron chi connectivity index (χ3n) is 1.83. The molecule has 0 atom stereocenters. The van der Waals surface area contributed by atoms with E-state index in [-0.39, 0.29) is 5.56 Å². The van der Waals surface area contributed by atoms with Crippen LogP contribution in [0.4, 0.5) is 0 Å². The Morgan fingerprint density at radius 3 is 2.93 bits per heavy atom.